The molecule has 1 rings (SSSR count). The summed E-state index contributed by atoms with van der Waals surface area (Å²) in [7, 11) is 0. The Bertz CT molecular complexity index is 703. The van der Waals surface area contributed by atoms with Gasteiger partial charge in [0.05, 0.1) is 0 Å². The largest absolute Gasteiger partial charge is 0.480 e. The summed E-state index contributed by atoms with van der Waals surface area (Å²) >= 11 is 0. The number of carboxylic acids is 2. The van der Waals surface area contributed by atoms with Crippen molar-refractivity contribution >= 4 is 29.5 Å². The van der Waals surface area contributed by atoms with Gasteiger partial charge in [-0.2, -0.15) is 0 Å². The molecule has 0 radical (unpaired) electrons. The quantitative estimate of drug-likeness (QED) is 0.400. The van der Waals surface area contributed by atoms with Crippen LogP contribution >= 0.6 is 0 Å². The fourth-order valence-corrected chi connectivity index (χ4v) is 2.41. The van der Waals surface area contributed by atoms with Crippen molar-refractivity contribution in [3.8, 4) is 0 Å². The number of benzene rings is 1. The third-order valence-electron chi connectivity index (χ3n) is 3.73. The number of carboxylic acid groups (broad SMARTS) is 2. The number of hydrogen-bond donors (Lipinski definition) is 4. The summed E-state index contributed by atoms with van der Waals surface area (Å²) in [4.78, 5) is 56.7. The molecule has 4 N–H and O–H groups in total. The first-order valence-corrected chi connectivity index (χ1v) is 8.31. The molecular formula is C18H22N2O7. The normalized spacial score (nSPS) is 12.5. The van der Waals surface area contributed by atoms with Crippen molar-refractivity contribution in [1.29, 1.82) is 0 Å². The van der Waals surface area contributed by atoms with E-state index >= 15 is 0 Å². The van der Waals surface area contributed by atoms with E-state index < -0.39 is 41.6 Å². The highest BCUT2D eigenvalue weighted by Gasteiger charge is 2.26. The van der Waals surface area contributed by atoms with Gasteiger partial charge in [-0.15, -0.1) is 0 Å². The predicted molar refractivity (Wildman–Crippen MR) is 93.8 cm³/mol. The second kappa shape index (κ2) is 10.7. The molecule has 0 aliphatic heterocycles. The van der Waals surface area contributed by atoms with Gasteiger partial charge in [0.1, 0.15) is 12.1 Å². The van der Waals surface area contributed by atoms with Gasteiger partial charge in [-0.05, 0) is 18.4 Å². The first kappa shape index (κ1) is 21.8. The van der Waals surface area contributed by atoms with Crippen LogP contribution in [-0.4, -0.2) is 51.8 Å². The van der Waals surface area contributed by atoms with Crippen molar-refractivity contribution in [2.45, 2.75) is 44.7 Å². The standard InChI is InChI=1S/C18H22N2O7/c1-11(21)19-14(10-12-6-3-2-4-7-12)16(23)20-13(17(24)25)8-5-9-15(22)18(26)27/h2-4,6-7,13-14H,5,8-10H2,1H3,(H,19,21)(H,20,23)(H,24,25)(H,26,27)/t13-,14-/m0/s1. The van der Waals surface area contributed by atoms with Crippen molar-refractivity contribution in [2.75, 3.05) is 0 Å². The van der Waals surface area contributed by atoms with E-state index in [1.807, 2.05) is 0 Å². The SMILES string of the molecule is CC(=O)N[C@@H](Cc1ccccc1)C(=O)N[C@@H](CCCC(=O)C(=O)O)C(=O)O. The Morgan fingerprint density at radius 1 is 0.963 bits per heavy atom. The van der Waals surface area contributed by atoms with Gasteiger partial charge >= 0.3 is 11.9 Å². The number of aliphatic carboxylic acids is 2. The molecule has 0 fully saturated rings. The third kappa shape index (κ3) is 8.13. The molecule has 27 heavy (non-hydrogen) atoms. The fourth-order valence-electron chi connectivity index (χ4n) is 2.41. The number of nitrogens with one attached hydrogen (secondary N) is 2. The van der Waals surface area contributed by atoms with Gasteiger partial charge in [0.25, 0.3) is 0 Å². The molecule has 0 aliphatic rings. The van der Waals surface area contributed by atoms with E-state index in [4.69, 9.17) is 5.11 Å². The average molecular weight is 378 g/mol. The molecule has 0 saturated heterocycles. The van der Waals surface area contributed by atoms with Crippen molar-refractivity contribution in [3.63, 3.8) is 0 Å². The number of carbonyl (C=O) groups is 5. The molecule has 2 atom stereocenters. The molecule has 0 aliphatic carbocycles. The van der Waals surface area contributed by atoms with Gasteiger partial charge in [-0.1, -0.05) is 30.3 Å². The molecule has 9 nitrogen and oxygen atoms in total. The predicted octanol–water partition coefficient (Wildman–Crippen LogP) is 0.127. The zero-order valence-electron chi connectivity index (χ0n) is 14.8. The number of carbonyl (C=O) groups excluding carboxylic acids is 3. The van der Waals surface area contributed by atoms with Crippen LogP contribution in [0.2, 0.25) is 0 Å². The monoisotopic (exact) mass is 378 g/mol. The molecule has 0 heterocycles. The first-order valence-electron chi connectivity index (χ1n) is 8.31. The maximum atomic E-state index is 12.5. The van der Waals surface area contributed by atoms with Crippen LogP contribution in [0.1, 0.15) is 31.7 Å². The summed E-state index contributed by atoms with van der Waals surface area (Å²) in [6.07, 6.45) is -0.270. The number of Topliss-reactive ketones (excluding diaryl/α,β-unsaturated/α-hetero) is 1. The highest BCUT2D eigenvalue weighted by Crippen LogP contribution is 2.07. The minimum Gasteiger partial charge on any atom is -0.480 e. The second-order valence-electron chi connectivity index (χ2n) is 5.96. The lowest BCUT2D eigenvalue weighted by Crippen LogP contribution is -2.52. The summed E-state index contributed by atoms with van der Waals surface area (Å²) in [5.41, 5.74) is 0.783. The molecule has 2 amide bonds. The summed E-state index contributed by atoms with van der Waals surface area (Å²) < 4.78 is 0. The lowest BCUT2D eigenvalue weighted by atomic mass is 10.0. The lowest BCUT2D eigenvalue weighted by Gasteiger charge is -2.21. The molecule has 146 valence electrons. The molecular weight excluding hydrogens is 356 g/mol. The lowest BCUT2D eigenvalue weighted by molar-refractivity contribution is -0.149. The maximum absolute atomic E-state index is 12.5. The van der Waals surface area contributed by atoms with Crippen molar-refractivity contribution in [3.05, 3.63) is 35.9 Å². The number of amides is 2. The molecule has 1 aromatic carbocycles. The van der Waals surface area contributed by atoms with Crippen molar-refractivity contribution in [1.82, 2.24) is 10.6 Å². The first-order chi connectivity index (χ1) is 12.7. The zero-order valence-corrected chi connectivity index (χ0v) is 14.8. The number of rotatable bonds is 11. The smallest absolute Gasteiger partial charge is 0.372 e. The van der Waals surface area contributed by atoms with Crippen LogP contribution in [0.3, 0.4) is 0 Å². The Morgan fingerprint density at radius 3 is 2.11 bits per heavy atom. The minimum absolute atomic E-state index is 0.00807. The van der Waals surface area contributed by atoms with Crippen LogP contribution < -0.4 is 10.6 Å². The van der Waals surface area contributed by atoms with E-state index in [1.165, 1.54) is 6.92 Å². The Balaban J connectivity index is 2.73. The summed E-state index contributed by atoms with van der Waals surface area (Å²) in [6, 6.07) is 6.63. The van der Waals surface area contributed by atoms with Crippen LogP contribution in [0.25, 0.3) is 0 Å². The topological polar surface area (TPSA) is 150 Å². The maximum Gasteiger partial charge on any atom is 0.372 e. The van der Waals surface area contributed by atoms with Crippen LogP contribution in [0.15, 0.2) is 30.3 Å². The van der Waals surface area contributed by atoms with Gasteiger partial charge in [-0.3, -0.25) is 14.4 Å². The van der Waals surface area contributed by atoms with Gasteiger partial charge in [0.15, 0.2) is 0 Å². The fraction of sp³-hybridized carbons (Fsp3) is 0.389. The molecule has 1 aromatic rings. The van der Waals surface area contributed by atoms with Crippen LogP contribution in [0, 0.1) is 0 Å². The second-order valence-corrected chi connectivity index (χ2v) is 5.96. The van der Waals surface area contributed by atoms with E-state index in [-0.39, 0.29) is 25.7 Å². The van der Waals surface area contributed by atoms with Crippen LogP contribution in [0.5, 0.6) is 0 Å². The van der Waals surface area contributed by atoms with Crippen molar-refractivity contribution in [2.24, 2.45) is 0 Å². The van der Waals surface area contributed by atoms with E-state index in [1.54, 1.807) is 30.3 Å². The molecule has 9 heteroatoms. The molecule has 0 unspecified atom stereocenters. The van der Waals surface area contributed by atoms with Gasteiger partial charge in [-0.25, -0.2) is 9.59 Å². The van der Waals surface area contributed by atoms with E-state index in [2.05, 4.69) is 10.6 Å². The molecule has 0 aromatic heterocycles. The Kier molecular flexibility index (Phi) is 8.64. The van der Waals surface area contributed by atoms with Gasteiger partial charge < -0.3 is 20.8 Å². The number of ketones is 1. The Hall–Kier alpha value is -3.23. The van der Waals surface area contributed by atoms with E-state index in [0.29, 0.717) is 0 Å². The van der Waals surface area contributed by atoms with Crippen LogP contribution in [0.4, 0.5) is 0 Å². The highest BCUT2D eigenvalue weighted by atomic mass is 16.4. The molecule has 0 saturated carbocycles. The number of hydrogen-bond acceptors (Lipinski definition) is 5. The zero-order chi connectivity index (χ0) is 20.4. The third-order valence-corrected chi connectivity index (χ3v) is 3.73. The Labute approximate surface area is 155 Å². The Morgan fingerprint density at radius 2 is 1.59 bits per heavy atom. The molecule has 0 spiro atoms. The van der Waals surface area contributed by atoms with Gasteiger partial charge in [0.2, 0.25) is 17.6 Å². The van der Waals surface area contributed by atoms with Crippen LogP contribution in [-0.2, 0) is 30.4 Å². The average Bonchev–Trinajstić information content (AvgIpc) is 2.60. The van der Waals surface area contributed by atoms with Crippen molar-refractivity contribution < 1.29 is 34.2 Å². The highest BCUT2D eigenvalue weighted by molar-refractivity contribution is 6.32. The van der Waals surface area contributed by atoms with E-state index in [9.17, 15) is 29.1 Å². The van der Waals surface area contributed by atoms with Gasteiger partial charge in [0, 0.05) is 19.8 Å². The minimum atomic E-state index is -1.58. The summed E-state index contributed by atoms with van der Waals surface area (Å²) in [6.45, 7) is 1.25. The summed E-state index contributed by atoms with van der Waals surface area (Å²) in [5.74, 6) is -5.03. The van der Waals surface area contributed by atoms with E-state index in [0.717, 1.165) is 5.56 Å². The molecule has 0 bridgehead atoms. The summed E-state index contributed by atoms with van der Waals surface area (Å²) in [5, 5.41) is 22.6.